The Morgan fingerprint density at radius 1 is 0.690 bits per heavy atom. The Morgan fingerprint density at radius 3 is 1.93 bits per heavy atom. The fraction of sp³-hybridized carbons (Fsp3) is 0.333. The standard InChI is InChI=1S/C48H59N13O9S/c1-27(43(65)58-38(22-32-25-53-26-55-32)46(68)59-36(20-28-8-4-3-5-9-28)45(67)57-35(42(52)64)18-19-71-2)56-44(66)37(21-30-24-54-34-11-7-6-10-33(30)34)60-47(69)39(16-17-40(51)62)61(41(63)23-49)48(70)29-12-14-31(50)15-13-29/h3-15,24-27,35-39,54H,16-23,49-50H2,1-2H3,(H2,51,62)(H2,52,64)(H,53,55)(H,56,66)(H,57,67)(H,58,65)(H,59,68)(H,60,69)/t27-,35-,36-,37-,38-,39-/m0/s1. The van der Waals surface area contributed by atoms with Crippen molar-refractivity contribution in [1.29, 1.82) is 0 Å². The van der Waals surface area contributed by atoms with Gasteiger partial charge in [0.1, 0.15) is 36.3 Å². The number of imidazole rings is 1. The Kier molecular flexibility index (Phi) is 19.8. The number of imide groups is 1. The topological polar surface area (TPSA) is 366 Å². The smallest absolute Gasteiger partial charge is 0.261 e. The molecule has 0 radical (unpaired) electrons. The van der Waals surface area contributed by atoms with Gasteiger partial charge in [0.2, 0.25) is 47.3 Å². The SMILES string of the molecule is CSCC[C@H](NC(=O)[C@H](Cc1ccccc1)NC(=O)[C@H](Cc1cnc[nH]1)NC(=O)[C@H](C)NC(=O)[C@H](Cc1c[nH]c2ccccc12)NC(=O)[C@H](CCC(N)=O)N(C(=O)CN)C(=O)c1ccc(N)cc1)C(N)=O. The van der Waals surface area contributed by atoms with Crippen molar-refractivity contribution < 1.29 is 43.2 Å². The van der Waals surface area contributed by atoms with E-state index in [0.29, 0.717) is 44.1 Å². The lowest BCUT2D eigenvalue weighted by molar-refractivity contribution is -0.139. The number of para-hydroxylation sites is 1. The summed E-state index contributed by atoms with van der Waals surface area (Å²) in [7, 11) is 0. The zero-order valence-electron chi connectivity index (χ0n) is 39.1. The van der Waals surface area contributed by atoms with E-state index in [2.05, 4.69) is 41.5 Å². The second-order valence-electron chi connectivity index (χ2n) is 16.6. The second kappa shape index (κ2) is 26.1. The predicted octanol–water partition coefficient (Wildman–Crippen LogP) is -0.555. The lowest BCUT2D eigenvalue weighted by atomic mass is 10.0. The van der Waals surface area contributed by atoms with Gasteiger partial charge in [-0.3, -0.25) is 48.1 Å². The number of nitrogen functional groups attached to an aromatic ring is 1. The first-order valence-corrected chi connectivity index (χ1v) is 23.9. The summed E-state index contributed by atoms with van der Waals surface area (Å²) in [6.07, 6.45) is 5.32. The monoisotopic (exact) mass is 993 g/mol. The Morgan fingerprint density at radius 2 is 1.30 bits per heavy atom. The third-order valence-electron chi connectivity index (χ3n) is 11.4. The molecule has 22 nitrogen and oxygen atoms in total. The van der Waals surface area contributed by atoms with Crippen LogP contribution in [-0.2, 0) is 57.6 Å². The van der Waals surface area contributed by atoms with Crippen LogP contribution >= 0.6 is 11.8 Å². The maximum atomic E-state index is 14.5. The van der Waals surface area contributed by atoms with Crippen LogP contribution in [0.2, 0.25) is 0 Å². The number of carbonyl (C=O) groups excluding carboxylic acids is 9. The first kappa shape index (κ1) is 53.9. The van der Waals surface area contributed by atoms with E-state index in [4.69, 9.17) is 22.9 Å². The number of aromatic amines is 2. The summed E-state index contributed by atoms with van der Waals surface area (Å²) >= 11 is 1.46. The summed E-state index contributed by atoms with van der Waals surface area (Å²) in [5.41, 5.74) is 25.3. The number of benzene rings is 3. The Bertz CT molecular complexity index is 2660. The highest BCUT2D eigenvalue weighted by atomic mass is 32.2. The van der Waals surface area contributed by atoms with Crippen LogP contribution in [0.1, 0.15) is 53.4 Å². The summed E-state index contributed by atoms with van der Waals surface area (Å²) in [5, 5.41) is 14.0. The largest absolute Gasteiger partial charge is 0.399 e. The van der Waals surface area contributed by atoms with Crippen molar-refractivity contribution in [2.24, 2.45) is 17.2 Å². The minimum Gasteiger partial charge on any atom is -0.399 e. The van der Waals surface area contributed by atoms with Crippen molar-refractivity contribution in [2.45, 2.75) is 81.7 Å². The van der Waals surface area contributed by atoms with Crippen LogP contribution < -0.4 is 49.5 Å². The minimum absolute atomic E-state index is 0.00418. The van der Waals surface area contributed by atoms with E-state index in [-0.39, 0.29) is 31.2 Å². The van der Waals surface area contributed by atoms with E-state index < -0.39 is 109 Å². The maximum Gasteiger partial charge on any atom is 0.261 e. The molecule has 0 saturated carbocycles. The first-order chi connectivity index (χ1) is 34.0. The molecule has 3 aromatic carbocycles. The van der Waals surface area contributed by atoms with Crippen molar-refractivity contribution >= 4 is 81.5 Å². The van der Waals surface area contributed by atoms with E-state index in [1.165, 1.54) is 55.5 Å². The molecule has 0 aliphatic heterocycles. The summed E-state index contributed by atoms with van der Waals surface area (Å²) in [6, 6.07) is 13.3. The van der Waals surface area contributed by atoms with Crippen LogP contribution in [0, 0.1) is 0 Å². The van der Waals surface area contributed by atoms with Crippen molar-refractivity contribution in [1.82, 2.24) is 46.4 Å². The first-order valence-electron chi connectivity index (χ1n) is 22.6. The average molecular weight is 994 g/mol. The van der Waals surface area contributed by atoms with Crippen molar-refractivity contribution in [3.05, 3.63) is 120 Å². The number of nitrogens with zero attached hydrogens (tertiary/aromatic N) is 2. The average Bonchev–Trinajstić information content (AvgIpc) is 4.03. The molecule has 2 aromatic heterocycles. The number of aromatic nitrogens is 3. The molecular weight excluding hydrogens is 935 g/mol. The highest BCUT2D eigenvalue weighted by molar-refractivity contribution is 7.98. The third kappa shape index (κ3) is 15.5. The zero-order valence-corrected chi connectivity index (χ0v) is 40.0. The van der Waals surface area contributed by atoms with Crippen LogP contribution in [0.4, 0.5) is 5.69 Å². The molecule has 23 heteroatoms. The molecule has 71 heavy (non-hydrogen) atoms. The third-order valence-corrected chi connectivity index (χ3v) is 12.0. The van der Waals surface area contributed by atoms with Gasteiger partial charge in [0, 0.05) is 65.9 Å². The molecule has 9 amide bonds. The quantitative estimate of drug-likeness (QED) is 0.0310. The van der Waals surface area contributed by atoms with Crippen LogP contribution in [0.25, 0.3) is 10.9 Å². The Labute approximate surface area is 412 Å². The number of amides is 9. The zero-order chi connectivity index (χ0) is 51.6. The molecule has 6 atom stereocenters. The van der Waals surface area contributed by atoms with E-state index in [9.17, 15) is 43.2 Å². The van der Waals surface area contributed by atoms with Gasteiger partial charge in [-0.1, -0.05) is 48.5 Å². The number of nitrogens with two attached hydrogens (primary N) is 4. The fourth-order valence-electron chi connectivity index (χ4n) is 7.57. The Hall–Kier alpha value is -8.05. The van der Waals surface area contributed by atoms with E-state index in [1.54, 1.807) is 60.8 Å². The molecule has 0 unspecified atom stereocenters. The molecule has 5 aromatic rings. The van der Waals surface area contributed by atoms with E-state index >= 15 is 0 Å². The van der Waals surface area contributed by atoms with E-state index in [0.717, 1.165) is 0 Å². The summed E-state index contributed by atoms with van der Waals surface area (Å²) in [4.78, 5) is 133. The number of thioether (sulfide) groups is 1. The van der Waals surface area contributed by atoms with Gasteiger partial charge in [0.05, 0.1) is 12.9 Å². The number of anilines is 1. The lowest BCUT2D eigenvalue weighted by Gasteiger charge is -2.31. The fourth-order valence-corrected chi connectivity index (χ4v) is 8.04. The lowest BCUT2D eigenvalue weighted by Crippen LogP contribution is -2.60. The van der Waals surface area contributed by atoms with Crippen molar-refractivity contribution in [3.63, 3.8) is 0 Å². The molecule has 376 valence electrons. The van der Waals surface area contributed by atoms with Gasteiger partial charge in [-0.25, -0.2) is 4.98 Å². The molecule has 15 N–H and O–H groups in total. The summed E-state index contributed by atoms with van der Waals surface area (Å²) in [6.45, 7) is 0.636. The highest BCUT2D eigenvalue weighted by Gasteiger charge is 2.38. The molecule has 2 heterocycles. The normalized spacial score (nSPS) is 13.6. The summed E-state index contributed by atoms with van der Waals surface area (Å²) in [5.74, 6) is -7.23. The molecule has 0 fully saturated rings. The molecule has 0 bridgehead atoms. The number of carbonyl (C=O) groups is 9. The van der Waals surface area contributed by atoms with Crippen LogP contribution in [0.5, 0.6) is 0 Å². The number of fused-ring (bicyclic) bond motifs is 1. The predicted molar refractivity (Wildman–Crippen MR) is 265 cm³/mol. The molecule has 0 aliphatic carbocycles. The number of hydrogen-bond donors (Lipinski definition) is 11. The van der Waals surface area contributed by atoms with E-state index in [1.807, 2.05) is 6.26 Å². The van der Waals surface area contributed by atoms with Gasteiger partial charge in [0.15, 0.2) is 0 Å². The van der Waals surface area contributed by atoms with Gasteiger partial charge in [-0.05, 0) is 73.2 Å². The molecule has 5 rings (SSSR count). The van der Waals surface area contributed by atoms with Crippen molar-refractivity contribution in [3.8, 4) is 0 Å². The van der Waals surface area contributed by atoms with Crippen molar-refractivity contribution in [2.75, 3.05) is 24.3 Å². The minimum atomic E-state index is -1.70. The highest BCUT2D eigenvalue weighted by Crippen LogP contribution is 2.21. The number of hydrogen-bond acceptors (Lipinski definition) is 13. The van der Waals surface area contributed by atoms with Gasteiger partial charge < -0.3 is 59.5 Å². The number of nitrogens with one attached hydrogen (secondary N) is 7. The molecular formula is C48H59N13O9S. The van der Waals surface area contributed by atoms with Crippen LogP contribution in [0.15, 0.2) is 97.6 Å². The molecule has 0 saturated heterocycles. The number of rotatable bonds is 26. The number of H-pyrrole nitrogens is 2. The van der Waals surface area contributed by atoms with Gasteiger partial charge >= 0.3 is 0 Å². The maximum absolute atomic E-state index is 14.5. The number of primary amides is 2. The van der Waals surface area contributed by atoms with Gasteiger partial charge in [-0.15, -0.1) is 0 Å². The molecule has 0 aliphatic rings. The van der Waals surface area contributed by atoms with Crippen LogP contribution in [-0.4, -0.2) is 128 Å². The van der Waals surface area contributed by atoms with Crippen LogP contribution in [0.3, 0.4) is 0 Å². The van der Waals surface area contributed by atoms with Gasteiger partial charge in [0.25, 0.3) is 5.91 Å². The summed E-state index contributed by atoms with van der Waals surface area (Å²) < 4.78 is 0. The Balaban J connectivity index is 1.41. The molecule has 0 spiro atoms. The second-order valence-corrected chi connectivity index (χ2v) is 17.6. The van der Waals surface area contributed by atoms with Gasteiger partial charge in [-0.2, -0.15) is 11.8 Å².